The van der Waals surface area contributed by atoms with Crippen LogP contribution < -0.4 is 4.72 Å². The minimum atomic E-state index is -4.10. The van der Waals surface area contributed by atoms with E-state index in [1.165, 1.54) is 13.0 Å². The molecule has 2 unspecified atom stereocenters. The van der Waals surface area contributed by atoms with Crippen LogP contribution in [0.2, 0.25) is 0 Å². The Morgan fingerprint density at radius 1 is 1.18 bits per heavy atom. The van der Waals surface area contributed by atoms with E-state index in [-0.39, 0.29) is 4.90 Å². The second-order valence-corrected chi connectivity index (χ2v) is 7.31. The second-order valence-electron chi connectivity index (χ2n) is 4.77. The zero-order valence-electron chi connectivity index (χ0n) is 11.5. The molecule has 0 aromatic heterocycles. The summed E-state index contributed by atoms with van der Waals surface area (Å²) in [6.45, 7) is 1.21. The summed E-state index contributed by atoms with van der Waals surface area (Å²) >= 11 is 3.35. The highest BCUT2D eigenvalue weighted by molar-refractivity contribution is 9.10. The first kappa shape index (κ1) is 16.9. The Hall–Kier alpha value is -1.48. The second kappa shape index (κ2) is 6.33. The van der Waals surface area contributed by atoms with Gasteiger partial charge in [-0.15, -0.1) is 0 Å². The Bertz CT molecular complexity index is 819. The summed E-state index contributed by atoms with van der Waals surface area (Å²) < 4.78 is 27.7. The van der Waals surface area contributed by atoms with Gasteiger partial charge in [0.2, 0.25) is 10.0 Å². The van der Waals surface area contributed by atoms with Gasteiger partial charge in [0, 0.05) is 9.86 Å². The number of aliphatic hydroxyl groups is 1. The molecule has 0 spiro atoms. The van der Waals surface area contributed by atoms with Crippen LogP contribution in [0.1, 0.15) is 6.92 Å². The van der Waals surface area contributed by atoms with Crippen LogP contribution in [-0.4, -0.2) is 36.7 Å². The molecule has 2 atom stereocenters. The fourth-order valence-electron chi connectivity index (χ4n) is 2.05. The third kappa shape index (κ3) is 3.30. The highest BCUT2D eigenvalue weighted by Gasteiger charge is 2.30. The van der Waals surface area contributed by atoms with Gasteiger partial charge in [-0.05, 0) is 24.4 Å². The minimum absolute atomic E-state index is 0.0433. The highest BCUT2D eigenvalue weighted by Crippen LogP contribution is 2.29. The van der Waals surface area contributed by atoms with Gasteiger partial charge in [0.25, 0.3) is 0 Å². The van der Waals surface area contributed by atoms with E-state index < -0.39 is 28.1 Å². The molecule has 0 saturated carbocycles. The summed E-state index contributed by atoms with van der Waals surface area (Å²) in [5.41, 5.74) is 0. The van der Waals surface area contributed by atoms with Crippen molar-refractivity contribution in [1.82, 2.24) is 4.72 Å². The number of hydrogen-bond donors (Lipinski definition) is 3. The monoisotopic (exact) mass is 387 g/mol. The van der Waals surface area contributed by atoms with Gasteiger partial charge in [-0.25, -0.2) is 8.42 Å². The Morgan fingerprint density at radius 3 is 2.32 bits per heavy atom. The Kier molecular flexibility index (Phi) is 4.86. The van der Waals surface area contributed by atoms with Crippen molar-refractivity contribution in [3.8, 4) is 0 Å². The van der Waals surface area contributed by atoms with Crippen LogP contribution in [0.25, 0.3) is 10.8 Å². The summed E-state index contributed by atoms with van der Waals surface area (Å²) in [6, 6.07) is 8.19. The molecular formula is C14H14BrNO5S. The molecule has 2 aromatic carbocycles. The van der Waals surface area contributed by atoms with Crippen molar-refractivity contribution in [3.63, 3.8) is 0 Å². The number of fused-ring (bicyclic) bond motifs is 1. The third-order valence-corrected chi connectivity index (χ3v) is 5.34. The molecule has 0 fully saturated rings. The van der Waals surface area contributed by atoms with Gasteiger partial charge in [0.1, 0.15) is 6.04 Å². The van der Waals surface area contributed by atoms with E-state index in [1.807, 2.05) is 4.72 Å². The van der Waals surface area contributed by atoms with Crippen molar-refractivity contribution in [3.05, 3.63) is 40.9 Å². The number of hydrogen-bond acceptors (Lipinski definition) is 4. The molecule has 8 heteroatoms. The number of aliphatic carboxylic acids is 1. The fourth-order valence-corrected chi connectivity index (χ4v) is 4.01. The van der Waals surface area contributed by atoms with E-state index in [2.05, 4.69) is 15.9 Å². The number of carbonyl (C=O) groups is 1. The van der Waals surface area contributed by atoms with Gasteiger partial charge >= 0.3 is 5.97 Å². The molecule has 0 bridgehead atoms. The van der Waals surface area contributed by atoms with Crippen LogP contribution in [0.5, 0.6) is 0 Å². The summed E-state index contributed by atoms with van der Waals surface area (Å²) in [7, 11) is -4.10. The normalized spacial score (nSPS) is 14.7. The molecule has 0 aliphatic rings. The standard InChI is InChI=1S/C14H14BrNO5S/c1-8(17)13(14(18)19)16-22(20,21)12-7-6-11(15)9-4-2-3-5-10(9)12/h2-8,13,16-17H,1H3,(H,18,19). The maximum Gasteiger partial charge on any atom is 0.324 e. The first-order valence-corrected chi connectivity index (χ1v) is 8.62. The minimum Gasteiger partial charge on any atom is -0.480 e. The van der Waals surface area contributed by atoms with Crippen LogP contribution in [0.15, 0.2) is 45.8 Å². The van der Waals surface area contributed by atoms with Gasteiger partial charge in [-0.2, -0.15) is 4.72 Å². The molecule has 0 aliphatic carbocycles. The first-order valence-electron chi connectivity index (χ1n) is 6.34. The third-order valence-electron chi connectivity index (χ3n) is 3.15. The van der Waals surface area contributed by atoms with Crippen LogP contribution >= 0.6 is 15.9 Å². The van der Waals surface area contributed by atoms with Crippen LogP contribution in [-0.2, 0) is 14.8 Å². The summed E-state index contributed by atoms with van der Waals surface area (Å²) in [6.07, 6.45) is -1.37. The Labute approximate surface area is 136 Å². The molecule has 0 aliphatic heterocycles. The van der Waals surface area contributed by atoms with E-state index in [9.17, 15) is 18.3 Å². The van der Waals surface area contributed by atoms with Crippen molar-refractivity contribution >= 4 is 42.7 Å². The zero-order chi connectivity index (χ0) is 16.5. The van der Waals surface area contributed by atoms with Crippen molar-refractivity contribution < 1.29 is 23.4 Å². The lowest BCUT2D eigenvalue weighted by atomic mass is 10.1. The van der Waals surface area contributed by atoms with E-state index >= 15 is 0 Å². The molecule has 3 N–H and O–H groups in total. The summed E-state index contributed by atoms with van der Waals surface area (Å²) in [5, 5.41) is 19.6. The van der Waals surface area contributed by atoms with E-state index in [0.29, 0.717) is 10.8 Å². The molecule has 0 saturated heterocycles. The molecule has 2 aromatic rings. The van der Waals surface area contributed by atoms with Gasteiger partial charge in [0.15, 0.2) is 0 Å². The zero-order valence-corrected chi connectivity index (χ0v) is 13.9. The van der Waals surface area contributed by atoms with Crippen LogP contribution in [0.4, 0.5) is 0 Å². The van der Waals surface area contributed by atoms with Gasteiger partial charge in [-0.1, -0.05) is 40.2 Å². The van der Waals surface area contributed by atoms with Crippen LogP contribution in [0, 0.1) is 0 Å². The lowest BCUT2D eigenvalue weighted by molar-refractivity contribution is -0.141. The fraction of sp³-hybridized carbons (Fsp3) is 0.214. The van der Waals surface area contributed by atoms with E-state index in [0.717, 1.165) is 4.47 Å². The Morgan fingerprint density at radius 2 is 1.77 bits per heavy atom. The summed E-state index contributed by atoms with van der Waals surface area (Å²) in [4.78, 5) is 11.0. The first-order chi connectivity index (χ1) is 10.2. The lowest BCUT2D eigenvalue weighted by Crippen LogP contribution is -2.47. The predicted octanol–water partition coefficient (Wildman–Crippen LogP) is 1.71. The van der Waals surface area contributed by atoms with Crippen molar-refractivity contribution in [1.29, 1.82) is 0 Å². The van der Waals surface area contributed by atoms with Crippen molar-refractivity contribution in [2.24, 2.45) is 0 Å². The smallest absolute Gasteiger partial charge is 0.324 e. The maximum absolute atomic E-state index is 12.5. The molecule has 0 amide bonds. The van der Waals surface area contributed by atoms with E-state index in [4.69, 9.17) is 5.11 Å². The largest absolute Gasteiger partial charge is 0.480 e. The molecule has 0 radical (unpaired) electrons. The van der Waals surface area contributed by atoms with Crippen molar-refractivity contribution in [2.75, 3.05) is 0 Å². The number of benzene rings is 2. The van der Waals surface area contributed by atoms with Crippen LogP contribution in [0.3, 0.4) is 0 Å². The van der Waals surface area contributed by atoms with Gasteiger partial charge in [0.05, 0.1) is 11.0 Å². The SMILES string of the molecule is CC(O)C(NS(=O)(=O)c1ccc(Br)c2ccccc12)C(=O)O. The highest BCUT2D eigenvalue weighted by atomic mass is 79.9. The number of halogens is 1. The number of rotatable bonds is 5. The lowest BCUT2D eigenvalue weighted by Gasteiger charge is -2.18. The number of carboxylic acids is 1. The molecule has 0 heterocycles. The predicted molar refractivity (Wildman–Crippen MR) is 85.1 cm³/mol. The molecule has 22 heavy (non-hydrogen) atoms. The topological polar surface area (TPSA) is 104 Å². The van der Waals surface area contributed by atoms with E-state index in [1.54, 1.807) is 30.3 Å². The maximum atomic E-state index is 12.5. The number of sulfonamides is 1. The number of nitrogens with one attached hydrogen (secondary N) is 1. The molecule has 118 valence electrons. The summed E-state index contributed by atoms with van der Waals surface area (Å²) in [5.74, 6) is -1.44. The molecule has 6 nitrogen and oxygen atoms in total. The molecule has 2 rings (SSSR count). The van der Waals surface area contributed by atoms with Gasteiger partial charge < -0.3 is 10.2 Å². The van der Waals surface area contributed by atoms with Gasteiger partial charge in [-0.3, -0.25) is 4.79 Å². The Balaban J connectivity index is 2.55. The average Bonchev–Trinajstić information content (AvgIpc) is 2.44. The quantitative estimate of drug-likeness (QED) is 0.724. The van der Waals surface area contributed by atoms with Crippen molar-refractivity contribution in [2.45, 2.75) is 24.0 Å². The average molecular weight is 388 g/mol. The number of aliphatic hydroxyl groups excluding tert-OH is 1. The number of carboxylic acid groups (broad SMARTS) is 1. The molecular weight excluding hydrogens is 374 g/mol.